The quantitative estimate of drug-likeness (QED) is 0.244. The van der Waals surface area contributed by atoms with Gasteiger partial charge in [0.15, 0.2) is 0 Å². The number of rotatable bonds is 3. The number of hydrogen-bond acceptors (Lipinski definition) is 2. The molecule has 3 heterocycles. The topological polar surface area (TPSA) is 30.7 Å². The Hall–Kier alpha value is -5.28. The molecule has 0 aliphatic heterocycles. The van der Waals surface area contributed by atoms with Crippen molar-refractivity contribution < 1.29 is 0 Å². The number of fused-ring (bicyclic) bond motifs is 6. The normalized spacial score (nSPS) is 11.6. The van der Waals surface area contributed by atoms with E-state index >= 15 is 0 Å². The molecule has 3 heteroatoms. The zero-order chi connectivity index (χ0) is 25.8. The largest absolute Gasteiger partial charge is 0.309 e. The van der Waals surface area contributed by atoms with E-state index in [1.54, 1.807) is 0 Å². The molecule has 182 valence electrons. The van der Waals surface area contributed by atoms with Gasteiger partial charge in [-0.2, -0.15) is 0 Å². The molecule has 0 spiro atoms. The number of para-hydroxylation sites is 1. The van der Waals surface area contributed by atoms with Gasteiger partial charge in [-0.1, -0.05) is 66.7 Å². The molecule has 0 unspecified atom stereocenters. The molecule has 0 N–H and O–H groups in total. The Balaban J connectivity index is 1.34. The minimum absolute atomic E-state index is 1.04. The molecule has 0 atom stereocenters. The predicted octanol–water partition coefficient (Wildman–Crippen LogP) is 9.21. The van der Waals surface area contributed by atoms with Crippen LogP contribution in [0.15, 0.2) is 140 Å². The van der Waals surface area contributed by atoms with Crippen LogP contribution >= 0.6 is 0 Å². The van der Waals surface area contributed by atoms with Gasteiger partial charge in [0.1, 0.15) is 0 Å². The van der Waals surface area contributed by atoms with Crippen molar-refractivity contribution in [3.63, 3.8) is 0 Å². The summed E-state index contributed by atoms with van der Waals surface area (Å²) in [6, 6.07) is 43.4. The first-order chi connectivity index (χ1) is 19.3. The van der Waals surface area contributed by atoms with Crippen LogP contribution in [0, 0.1) is 0 Å². The summed E-state index contributed by atoms with van der Waals surface area (Å²) in [4.78, 5) is 9.10. The molecular formula is C36H23N3. The van der Waals surface area contributed by atoms with Crippen molar-refractivity contribution >= 4 is 43.5 Å². The molecule has 3 aromatic heterocycles. The van der Waals surface area contributed by atoms with Crippen molar-refractivity contribution in [1.82, 2.24) is 14.5 Å². The maximum Gasteiger partial charge on any atom is 0.0802 e. The van der Waals surface area contributed by atoms with Crippen molar-refractivity contribution in [3.05, 3.63) is 140 Å². The van der Waals surface area contributed by atoms with Gasteiger partial charge in [-0.15, -0.1) is 0 Å². The zero-order valence-corrected chi connectivity index (χ0v) is 21.1. The minimum atomic E-state index is 1.04. The first-order valence-electron chi connectivity index (χ1n) is 13.2. The minimum Gasteiger partial charge on any atom is -0.309 e. The maximum atomic E-state index is 4.83. The fourth-order valence-electron chi connectivity index (χ4n) is 5.82. The van der Waals surface area contributed by atoms with Gasteiger partial charge < -0.3 is 4.57 Å². The maximum absolute atomic E-state index is 4.83. The van der Waals surface area contributed by atoms with E-state index in [1.165, 1.54) is 49.3 Å². The third kappa shape index (κ3) is 3.52. The summed E-state index contributed by atoms with van der Waals surface area (Å²) in [5.41, 5.74) is 9.24. The number of aromatic nitrogens is 3. The average molecular weight is 498 g/mol. The molecule has 0 bridgehead atoms. The van der Waals surface area contributed by atoms with E-state index in [9.17, 15) is 0 Å². The molecular weight excluding hydrogens is 474 g/mol. The van der Waals surface area contributed by atoms with Gasteiger partial charge in [-0.3, -0.25) is 9.97 Å². The van der Waals surface area contributed by atoms with Crippen LogP contribution in [-0.4, -0.2) is 14.5 Å². The summed E-state index contributed by atoms with van der Waals surface area (Å²) in [7, 11) is 0. The van der Waals surface area contributed by atoms with Crippen molar-refractivity contribution in [1.29, 1.82) is 0 Å². The first-order valence-corrected chi connectivity index (χ1v) is 13.2. The van der Waals surface area contributed by atoms with Crippen LogP contribution in [-0.2, 0) is 0 Å². The summed E-state index contributed by atoms with van der Waals surface area (Å²) in [6.07, 6.45) is 5.61. The van der Waals surface area contributed by atoms with Gasteiger partial charge in [-0.25, -0.2) is 0 Å². The molecule has 0 radical (unpaired) electrons. The van der Waals surface area contributed by atoms with Crippen LogP contribution < -0.4 is 0 Å². The standard InChI is InChI=1S/C36H23N3/c1-2-8-31(9-3-1)39-33-16-15-29(22-32(33)35-34(39)17-14-24-6-5-19-38-36(24)35)27-11-10-26-21-28(13-12-25(26)20-27)30-7-4-18-37-23-30/h1-23H. The molecule has 3 nitrogen and oxygen atoms in total. The Labute approximate surface area is 225 Å². The van der Waals surface area contributed by atoms with E-state index in [-0.39, 0.29) is 0 Å². The second kappa shape index (κ2) is 8.64. The summed E-state index contributed by atoms with van der Waals surface area (Å²) in [5.74, 6) is 0. The first kappa shape index (κ1) is 21.8. The van der Waals surface area contributed by atoms with Gasteiger partial charge >= 0.3 is 0 Å². The Bertz CT molecular complexity index is 2160. The molecule has 5 aromatic carbocycles. The van der Waals surface area contributed by atoms with E-state index in [0.717, 1.165) is 22.2 Å². The van der Waals surface area contributed by atoms with E-state index in [2.05, 4.69) is 119 Å². The third-order valence-corrected chi connectivity index (χ3v) is 7.68. The van der Waals surface area contributed by atoms with Crippen LogP contribution in [0.5, 0.6) is 0 Å². The summed E-state index contributed by atoms with van der Waals surface area (Å²) < 4.78 is 2.35. The molecule has 0 saturated carbocycles. The highest BCUT2D eigenvalue weighted by Crippen LogP contribution is 2.38. The van der Waals surface area contributed by atoms with Gasteiger partial charge in [0.2, 0.25) is 0 Å². The number of nitrogens with zero attached hydrogens (tertiary/aromatic N) is 3. The van der Waals surface area contributed by atoms with Gasteiger partial charge in [0.05, 0.1) is 16.6 Å². The van der Waals surface area contributed by atoms with E-state index < -0.39 is 0 Å². The van der Waals surface area contributed by atoms with E-state index in [0.29, 0.717) is 0 Å². The number of benzene rings is 5. The van der Waals surface area contributed by atoms with E-state index in [1.807, 2.05) is 30.7 Å². The molecule has 0 fully saturated rings. The molecule has 0 saturated heterocycles. The Morgan fingerprint density at radius 1 is 0.487 bits per heavy atom. The Morgan fingerprint density at radius 2 is 1.18 bits per heavy atom. The average Bonchev–Trinajstić information content (AvgIpc) is 3.35. The summed E-state index contributed by atoms with van der Waals surface area (Å²) >= 11 is 0. The molecule has 8 aromatic rings. The molecule has 0 aliphatic carbocycles. The fourth-order valence-corrected chi connectivity index (χ4v) is 5.82. The van der Waals surface area contributed by atoms with Crippen molar-refractivity contribution in [3.8, 4) is 27.9 Å². The third-order valence-electron chi connectivity index (χ3n) is 7.68. The van der Waals surface area contributed by atoms with Crippen molar-refractivity contribution in [2.75, 3.05) is 0 Å². The van der Waals surface area contributed by atoms with Gasteiger partial charge in [-0.05, 0) is 82.1 Å². The lowest BCUT2D eigenvalue weighted by Gasteiger charge is -2.09. The van der Waals surface area contributed by atoms with Gasteiger partial charge in [0.25, 0.3) is 0 Å². The molecule has 0 aliphatic rings. The Morgan fingerprint density at radius 3 is 1.97 bits per heavy atom. The molecule has 0 amide bonds. The van der Waals surface area contributed by atoms with Crippen molar-refractivity contribution in [2.45, 2.75) is 0 Å². The Kier molecular flexibility index (Phi) is 4.82. The van der Waals surface area contributed by atoms with E-state index in [4.69, 9.17) is 4.98 Å². The van der Waals surface area contributed by atoms with Crippen LogP contribution in [0.3, 0.4) is 0 Å². The SMILES string of the molecule is c1ccc(-n2c3ccc(-c4ccc5cc(-c6cccnc6)ccc5c4)cc3c3c4ncccc4ccc32)cc1. The zero-order valence-electron chi connectivity index (χ0n) is 21.1. The molecule has 39 heavy (non-hydrogen) atoms. The monoisotopic (exact) mass is 497 g/mol. The smallest absolute Gasteiger partial charge is 0.0802 e. The van der Waals surface area contributed by atoms with Crippen LogP contribution in [0.25, 0.3) is 71.4 Å². The second-order valence-electron chi connectivity index (χ2n) is 9.96. The highest BCUT2D eigenvalue weighted by atomic mass is 15.0. The number of hydrogen-bond donors (Lipinski definition) is 0. The van der Waals surface area contributed by atoms with Crippen molar-refractivity contribution in [2.24, 2.45) is 0 Å². The van der Waals surface area contributed by atoms with Gasteiger partial charge in [0, 0.05) is 46.0 Å². The predicted molar refractivity (Wildman–Crippen MR) is 162 cm³/mol. The number of pyridine rings is 2. The van der Waals surface area contributed by atoms with Crippen LogP contribution in [0.2, 0.25) is 0 Å². The molecule has 8 rings (SSSR count). The lowest BCUT2D eigenvalue weighted by molar-refractivity contribution is 1.18. The second-order valence-corrected chi connectivity index (χ2v) is 9.96. The lowest BCUT2D eigenvalue weighted by Crippen LogP contribution is -1.93. The highest BCUT2D eigenvalue weighted by Gasteiger charge is 2.16. The van der Waals surface area contributed by atoms with Crippen LogP contribution in [0.4, 0.5) is 0 Å². The summed E-state index contributed by atoms with van der Waals surface area (Å²) in [6.45, 7) is 0. The fraction of sp³-hybridized carbons (Fsp3) is 0. The highest BCUT2D eigenvalue weighted by molar-refractivity contribution is 6.20. The van der Waals surface area contributed by atoms with Crippen LogP contribution in [0.1, 0.15) is 0 Å². The summed E-state index contributed by atoms with van der Waals surface area (Å²) in [5, 5.41) is 5.99. The lowest BCUT2D eigenvalue weighted by atomic mass is 9.97.